The molecule has 0 saturated carbocycles. The van der Waals surface area contributed by atoms with Crippen LogP contribution in [0.3, 0.4) is 0 Å². The lowest BCUT2D eigenvalue weighted by Gasteiger charge is -2.08. The number of rotatable bonds is 7. The van der Waals surface area contributed by atoms with Gasteiger partial charge in [-0.15, -0.1) is 0 Å². The summed E-state index contributed by atoms with van der Waals surface area (Å²) in [6.07, 6.45) is 2.72. The minimum atomic E-state index is 0.443. The molecule has 15 heavy (non-hydrogen) atoms. The lowest BCUT2D eigenvalue weighted by molar-refractivity contribution is 0.0986. The van der Waals surface area contributed by atoms with E-state index in [9.17, 15) is 0 Å². The Balaban J connectivity index is 2.30. The fourth-order valence-electron chi connectivity index (χ4n) is 1.15. The zero-order chi connectivity index (χ0) is 10.9. The van der Waals surface area contributed by atoms with Gasteiger partial charge in [-0.3, -0.25) is 0 Å². The van der Waals surface area contributed by atoms with Crippen molar-refractivity contribution in [1.29, 1.82) is 0 Å². The van der Waals surface area contributed by atoms with Gasteiger partial charge in [-0.1, -0.05) is 13.0 Å². The van der Waals surface area contributed by atoms with Gasteiger partial charge >= 0.3 is 0 Å². The first-order chi connectivity index (χ1) is 7.38. The van der Waals surface area contributed by atoms with Gasteiger partial charge in [0.2, 0.25) is 5.88 Å². The van der Waals surface area contributed by atoms with E-state index in [-0.39, 0.29) is 0 Å². The second-order valence-corrected chi connectivity index (χ2v) is 3.13. The molecule has 0 atom stereocenters. The summed E-state index contributed by atoms with van der Waals surface area (Å²) >= 11 is 0. The number of nitrogens with zero attached hydrogens (tertiary/aromatic N) is 1. The minimum Gasteiger partial charge on any atom is -0.475 e. The van der Waals surface area contributed by atoms with Gasteiger partial charge < -0.3 is 15.2 Å². The maximum Gasteiger partial charge on any atom is 0.217 e. The van der Waals surface area contributed by atoms with E-state index >= 15 is 0 Å². The molecule has 0 bridgehead atoms. The lowest BCUT2D eigenvalue weighted by Crippen LogP contribution is -2.10. The first-order valence-corrected chi connectivity index (χ1v) is 5.23. The molecule has 0 fully saturated rings. The van der Waals surface area contributed by atoms with Gasteiger partial charge in [-0.25, -0.2) is 4.98 Å². The van der Waals surface area contributed by atoms with Crippen LogP contribution in [-0.2, 0) is 11.3 Å². The maximum absolute atomic E-state index is 5.55. The zero-order valence-corrected chi connectivity index (χ0v) is 9.11. The van der Waals surface area contributed by atoms with Crippen molar-refractivity contribution in [3.63, 3.8) is 0 Å². The Morgan fingerprint density at radius 1 is 1.33 bits per heavy atom. The van der Waals surface area contributed by atoms with Crippen molar-refractivity contribution in [2.24, 2.45) is 5.73 Å². The van der Waals surface area contributed by atoms with Crippen molar-refractivity contribution in [3.05, 3.63) is 23.9 Å². The Bertz CT molecular complexity index is 279. The molecule has 1 aromatic rings. The van der Waals surface area contributed by atoms with E-state index in [0.717, 1.165) is 18.6 Å². The van der Waals surface area contributed by atoms with Gasteiger partial charge in [0, 0.05) is 24.9 Å². The molecule has 1 aromatic heterocycles. The molecule has 0 radical (unpaired) electrons. The summed E-state index contributed by atoms with van der Waals surface area (Å²) in [6.45, 7) is 4.40. The first kappa shape index (κ1) is 11.9. The lowest BCUT2D eigenvalue weighted by atomic mass is 10.3. The Kier molecular flexibility index (Phi) is 5.73. The first-order valence-electron chi connectivity index (χ1n) is 5.23. The normalized spacial score (nSPS) is 10.3. The van der Waals surface area contributed by atoms with Crippen LogP contribution in [0.2, 0.25) is 0 Å². The Labute approximate surface area is 90.4 Å². The molecule has 0 aliphatic heterocycles. The van der Waals surface area contributed by atoms with Crippen molar-refractivity contribution < 1.29 is 9.47 Å². The Hall–Kier alpha value is -1.13. The third kappa shape index (κ3) is 4.27. The summed E-state index contributed by atoms with van der Waals surface area (Å²) in [5, 5.41) is 0. The third-order valence-corrected chi connectivity index (χ3v) is 1.88. The minimum absolute atomic E-state index is 0.443. The van der Waals surface area contributed by atoms with E-state index in [2.05, 4.69) is 11.9 Å². The summed E-state index contributed by atoms with van der Waals surface area (Å²) in [4.78, 5) is 4.11. The molecule has 0 aliphatic carbocycles. The van der Waals surface area contributed by atoms with E-state index in [0.29, 0.717) is 25.6 Å². The molecule has 0 aromatic carbocycles. The van der Waals surface area contributed by atoms with Gasteiger partial charge in [-0.2, -0.15) is 0 Å². The maximum atomic E-state index is 5.55. The predicted octanol–water partition coefficient (Wildman–Crippen LogP) is 1.35. The van der Waals surface area contributed by atoms with E-state index in [1.807, 2.05) is 12.1 Å². The van der Waals surface area contributed by atoms with Crippen LogP contribution in [0.5, 0.6) is 5.88 Å². The molecule has 0 unspecified atom stereocenters. The molecule has 4 nitrogen and oxygen atoms in total. The summed E-state index contributed by atoms with van der Waals surface area (Å²) < 4.78 is 10.8. The van der Waals surface area contributed by atoms with Gasteiger partial charge in [0.1, 0.15) is 6.61 Å². The van der Waals surface area contributed by atoms with Crippen LogP contribution in [0.25, 0.3) is 0 Å². The number of hydrogen-bond donors (Lipinski definition) is 1. The number of aromatic nitrogens is 1. The highest BCUT2D eigenvalue weighted by molar-refractivity contribution is 5.24. The van der Waals surface area contributed by atoms with Crippen LogP contribution in [0.15, 0.2) is 18.3 Å². The molecule has 0 aliphatic rings. The second kappa shape index (κ2) is 7.20. The van der Waals surface area contributed by atoms with Crippen LogP contribution in [0.4, 0.5) is 0 Å². The Morgan fingerprint density at radius 2 is 2.20 bits per heavy atom. The summed E-state index contributed by atoms with van der Waals surface area (Å²) in [7, 11) is 0. The quantitative estimate of drug-likeness (QED) is 0.690. The summed E-state index contributed by atoms with van der Waals surface area (Å²) in [5.74, 6) is 0.611. The van der Waals surface area contributed by atoms with Crippen LogP contribution in [0.1, 0.15) is 18.9 Å². The molecule has 1 rings (SSSR count). The monoisotopic (exact) mass is 210 g/mol. The van der Waals surface area contributed by atoms with Crippen LogP contribution in [0, 0.1) is 0 Å². The molecule has 2 N–H and O–H groups in total. The van der Waals surface area contributed by atoms with Gasteiger partial charge in [-0.05, 0) is 12.5 Å². The van der Waals surface area contributed by atoms with Crippen LogP contribution in [-0.4, -0.2) is 24.8 Å². The highest BCUT2D eigenvalue weighted by Gasteiger charge is 2.01. The van der Waals surface area contributed by atoms with Crippen LogP contribution >= 0.6 is 0 Å². The largest absolute Gasteiger partial charge is 0.475 e. The molecular weight excluding hydrogens is 192 g/mol. The van der Waals surface area contributed by atoms with Crippen molar-refractivity contribution in [2.45, 2.75) is 19.9 Å². The summed E-state index contributed by atoms with van der Waals surface area (Å²) in [6, 6.07) is 3.76. The van der Waals surface area contributed by atoms with Crippen molar-refractivity contribution in [2.75, 3.05) is 19.8 Å². The highest BCUT2D eigenvalue weighted by Crippen LogP contribution is 2.12. The van der Waals surface area contributed by atoms with E-state index in [1.165, 1.54) is 0 Å². The highest BCUT2D eigenvalue weighted by atomic mass is 16.5. The molecule has 4 heteroatoms. The number of nitrogens with two attached hydrogens (primary N) is 1. The number of ether oxygens (including phenoxy) is 2. The SMILES string of the molecule is CCCOCCOc1ncccc1CN. The molecule has 1 heterocycles. The van der Waals surface area contributed by atoms with Crippen molar-refractivity contribution in [3.8, 4) is 5.88 Å². The standard InChI is InChI=1S/C11H18N2O2/c1-2-6-14-7-8-15-11-10(9-12)4-3-5-13-11/h3-5H,2,6-9,12H2,1H3. The summed E-state index contributed by atoms with van der Waals surface area (Å²) in [5.41, 5.74) is 6.48. The van der Waals surface area contributed by atoms with E-state index in [1.54, 1.807) is 6.20 Å². The molecule has 0 saturated heterocycles. The van der Waals surface area contributed by atoms with Crippen molar-refractivity contribution >= 4 is 0 Å². The fourth-order valence-corrected chi connectivity index (χ4v) is 1.15. The van der Waals surface area contributed by atoms with Gasteiger partial charge in [0.05, 0.1) is 6.61 Å². The van der Waals surface area contributed by atoms with Gasteiger partial charge in [0.15, 0.2) is 0 Å². The molecular formula is C11H18N2O2. The number of pyridine rings is 1. The Morgan fingerprint density at radius 3 is 2.93 bits per heavy atom. The van der Waals surface area contributed by atoms with E-state index in [4.69, 9.17) is 15.2 Å². The zero-order valence-electron chi connectivity index (χ0n) is 9.11. The number of hydrogen-bond acceptors (Lipinski definition) is 4. The molecule has 0 spiro atoms. The van der Waals surface area contributed by atoms with Crippen LogP contribution < -0.4 is 10.5 Å². The average Bonchev–Trinajstić information content (AvgIpc) is 2.29. The topological polar surface area (TPSA) is 57.4 Å². The fraction of sp³-hybridized carbons (Fsp3) is 0.545. The van der Waals surface area contributed by atoms with Gasteiger partial charge in [0.25, 0.3) is 0 Å². The van der Waals surface area contributed by atoms with E-state index < -0.39 is 0 Å². The second-order valence-electron chi connectivity index (χ2n) is 3.13. The molecule has 84 valence electrons. The predicted molar refractivity (Wildman–Crippen MR) is 58.7 cm³/mol. The molecule has 0 amide bonds. The smallest absolute Gasteiger partial charge is 0.217 e. The average molecular weight is 210 g/mol. The third-order valence-electron chi connectivity index (χ3n) is 1.88. The van der Waals surface area contributed by atoms with Crippen molar-refractivity contribution in [1.82, 2.24) is 4.98 Å².